The number of hydrogen-bond donors (Lipinski definition) is 1. The van der Waals surface area contributed by atoms with Crippen molar-refractivity contribution in [3.05, 3.63) is 24.0 Å². The number of aromatic amines is 1. The number of allylic oxidation sites excluding steroid dienone is 1. The van der Waals surface area contributed by atoms with Gasteiger partial charge in [-0.15, -0.1) is 0 Å². The predicted molar refractivity (Wildman–Crippen MR) is 54.4 cm³/mol. The molecule has 1 aliphatic carbocycles. The second kappa shape index (κ2) is 3.02. The van der Waals surface area contributed by atoms with Gasteiger partial charge in [0.2, 0.25) is 0 Å². The van der Waals surface area contributed by atoms with Crippen molar-refractivity contribution >= 4 is 5.57 Å². The van der Waals surface area contributed by atoms with Gasteiger partial charge in [0, 0.05) is 17.2 Å². The van der Waals surface area contributed by atoms with E-state index < -0.39 is 0 Å². The third-order valence-electron chi connectivity index (χ3n) is 2.95. The van der Waals surface area contributed by atoms with E-state index in [1.807, 2.05) is 13.1 Å². The summed E-state index contributed by atoms with van der Waals surface area (Å²) in [5.41, 5.74) is 3.64. The number of rotatable bonds is 3. The minimum Gasteiger partial charge on any atom is -0.282 e. The van der Waals surface area contributed by atoms with E-state index in [0.29, 0.717) is 0 Å². The summed E-state index contributed by atoms with van der Waals surface area (Å²) in [7, 11) is 0. The highest BCUT2D eigenvalue weighted by atomic mass is 15.1. The summed E-state index contributed by atoms with van der Waals surface area (Å²) in [5.74, 6) is 1.60. The summed E-state index contributed by atoms with van der Waals surface area (Å²) in [6, 6.07) is 0. The van der Waals surface area contributed by atoms with Crippen LogP contribution in [0.5, 0.6) is 0 Å². The van der Waals surface area contributed by atoms with E-state index in [1.54, 1.807) is 0 Å². The number of nitrogens with zero attached hydrogens (tertiary/aromatic N) is 1. The molecule has 0 saturated heterocycles. The molecule has 0 bridgehead atoms. The Morgan fingerprint density at radius 2 is 2.54 bits per heavy atom. The molecule has 70 valence electrons. The van der Waals surface area contributed by atoms with Crippen LogP contribution in [0, 0.1) is 5.92 Å². The van der Waals surface area contributed by atoms with Crippen molar-refractivity contribution in [2.45, 2.75) is 32.6 Å². The third-order valence-corrected chi connectivity index (χ3v) is 2.95. The van der Waals surface area contributed by atoms with Crippen molar-refractivity contribution < 1.29 is 0 Å². The maximum absolute atomic E-state index is 4.09. The summed E-state index contributed by atoms with van der Waals surface area (Å²) >= 11 is 0. The van der Waals surface area contributed by atoms with Crippen LogP contribution in [0.3, 0.4) is 0 Å². The van der Waals surface area contributed by atoms with Crippen molar-refractivity contribution in [3.8, 4) is 0 Å². The Hall–Kier alpha value is -1.05. The fourth-order valence-electron chi connectivity index (χ4n) is 1.97. The standard InChI is InChI=1S/C11H16N2/c1-4-8-5-9(8)11-10(7(2)3)6-12-13-11/h6,8-9H,2,4-5H2,1,3H3,(H,12,13). The fourth-order valence-corrected chi connectivity index (χ4v) is 1.97. The molecule has 1 saturated carbocycles. The topological polar surface area (TPSA) is 28.7 Å². The Morgan fingerprint density at radius 1 is 1.77 bits per heavy atom. The monoisotopic (exact) mass is 176 g/mol. The molecule has 0 amide bonds. The van der Waals surface area contributed by atoms with E-state index in [9.17, 15) is 0 Å². The lowest BCUT2D eigenvalue weighted by Crippen LogP contribution is -1.88. The maximum Gasteiger partial charge on any atom is 0.0565 e. The molecule has 1 N–H and O–H groups in total. The molecule has 1 fully saturated rings. The van der Waals surface area contributed by atoms with Gasteiger partial charge in [0.1, 0.15) is 0 Å². The molecular formula is C11H16N2. The second-order valence-electron chi connectivity index (χ2n) is 3.99. The summed E-state index contributed by atoms with van der Waals surface area (Å²) in [6.45, 7) is 8.25. The molecule has 1 aliphatic rings. The predicted octanol–water partition coefficient (Wildman–Crippen LogP) is 2.96. The smallest absolute Gasteiger partial charge is 0.0565 e. The zero-order chi connectivity index (χ0) is 9.42. The lowest BCUT2D eigenvalue weighted by molar-refractivity contribution is 0.753. The van der Waals surface area contributed by atoms with Crippen molar-refractivity contribution in [2.75, 3.05) is 0 Å². The van der Waals surface area contributed by atoms with E-state index in [-0.39, 0.29) is 0 Å². The van der Waals surface area contributed by atoms with Gasteiger partial charge >= 0.3 is 0 Å². The molecule has 2 rings (SSSR count). The number of hydrogen-bond acceptors (Lipinski definition) is 1. The van der Waals surface area contributed by atoms with Gasteiger partial charge in [0.25, 0.3) is 0 Å². The molecule has 0 spiro atoms. The Morgan fingerprint density at radius 3 is 3.08 bits per heavy atom. The second-order valence-corrected chi connectivity index (χ2v) is 3.99. The zero-order valence-corrected chi connectivity index (χ0v) is 8.30. The number of aromatic nitrogens is 2. The SMILES string of the molecule is C=C(C)c1cn[nH]c1C1CC1CC. The molecule has 13 heavy (non-hydrogen) atoms. The van der Waals surface area contributed by atoms with Crippen LogP contribution in [0.15, 0.2) is 12.8 Å². The van der Waals surface area contributed by atoms with Crippen LogP contribution < -0.4 is 0 Å². The van der Waals surface area contributed by atoms with E-state index in [0.717, 1.165) is 17.4 Å². The first-order valence-electron chi connectivity index (χ1n) is 4.93. The molecule has 0 radical (unpaired) electrons. The zero-order valence-electron chi connectivity index (χ0n) is 8.30. The van der Waals surface area contributed by atoms with Crippen LogP contribution in [0.4, 0.5) is 0 Å². The first kappa shape index (κ1) is 8.54. The maximum atomic E-state index is 4.09. The van der Waals surface area contributed by atoms with Crippen LogP contribution in [0.1, 0.15) is 43.9 Å². The molecule has 0 aliphatic heterocycles. The van der Waals surface area contributed by atoms with Gasteiger partial charge in [-0.2, -0.15) is 5.10 Å². The lowest BCUT2D eigenvalue weighted by atomic mass is 10.1. The van der Waals surface area contributed by atoms with Crippen LogP contribution in [-0.2, 0) is 0 Å². The molecule has 2 atom stereocenters. The van der Waals surface area contributed by atoms with Crippen LogP contribution in [0.25, 0.3) is 5.57 Å². The molecule has 1 aromatic heterocycles. The van der Waals surface area contributed by atoms with E-state index in [4.69, 9.17) is 0 Å². The summed E-state index contributed by atoms with van der Waals surface area (Å²) in [5, 5.41) is 7.19. The molecule has 2 unspecified atom stereocenters. The largest absolute Gasteiger partial charge is 0.282 e. The van der Waals surface area contributed by atoms with Gasteiger partial charge in [0.15, 0.2) is 0 Å². The number of H-pyrrole nitrogens is 1. The summed E-state index contributed by atoms with van der Waals surface area (Å²) in [6.07, 6.45) is 4.49. The Labute approximate surface area is 79.1 Å². The normalized spacial score (nSPS) is 26.0. The molecule has 2 heteroatoms. The van der Waals surface area contributed by atoms with Crippen molar-refractivity contribution in [1.29, 1.82) is 0 Å². The number of nitrogens with one attached hydrogen (secondary N) is 1. The van der Waals surface area contributed by atoms with Gasteiger partial charge in [-0.05, 0) is 24.8 Å². The average Bonchev–Trinajstić information content (AvgIpc) is 2.72. The quantitative estimate of drug-likeness (QED) is 0.753. The van der Waals surface area contributed by atoms with E-state index in [1.165, 1.54) is 24.1 Å². The van der Waals surface area contributed by atoms with E-state index >= 15 is 0 Å². The van der Waals surface area contributed by atoms with E-state index in [2.05, 4.69) is 23.7 Å². The molecule has 2 nitrogen and oxygen atoms in total. The summed E-state index contributed by atoms with van der Waals surface area (Å²) < 4.78 is 0. The first-order chi connectivity index (χ1) is 6.24. The van der Waals surface area contributed by atoms with Crippen LogP contribution in [-0.4, -0.2) is 10.2 Å². The van der Waals surface area contributed by atoms with Gasteiger partial charge in [-0.1, -0.05) is 19.9 Å². The van der Waals surface area contributed by atoms with Gasteiger partial charge in [0.05, 0.1) is 6.20 Å². The van der Waals surface area contributed by atoms with Crippen LogP contribution >= 0.6 is 0 Å². The minimum absolute atomic E-state index is 0.721. The Balaban J connectivity index is 2.22. The van der Waals surface area contributed by atoms with Gasteiger partial charge in [-0.3, -0.25) is 5.10 Å². The van der Waals surface area contributed by atoms with Crippen LogP contribution in [0.2, 0.25) is 0 Å². The highest BCUT2D eigenvalue weighted by Crippen LogP contribution is 2.50. The van der Waals surface area contributed by atoms with Crippen molar-refractivity contribution in [2.24, 2.45) is 5.92 Å². The van der Waals surface area contributed by atoms with Crippen molar-refractivity contribution in [1.82, 2.24) is 10.2 Å². The van der Waals surface area contributed by atoms with Gasteiger partial charge in [-0.25, -0.2) is 0 Å². The van der Waals surface area contributed by atoms with Gasteiger partial charge < -0.3 is 0 Å². The first-order valence-corrected chi connectivity index (χ1v) is 4.93. The summed E-state index contributed by atoms with van der Waals surface area (Å²) in [4.78, 5) is 0. The molecule has 0 aromatic carbocycles. The Bertz CT molecular complexity index is 325. The Kier molecular flexibility index (Phi) is 1.98. The highest BCUT2D eigenvalue weighted by Gasteiger charge is 2.39. The lowest BCUT2D eigenvalue weighted by Gasteiger charge is -2.00. The minimum atomic E-state index is 0.721. The highest BCUT2D eigenvalue weighted by molar-refractivity contribution is 5.63. The molecule has 1 aromatic rings. The molecular weight excluding hydrogens is 160 g/mol. The fraction of sp³-hybridized carbons (Fsp3) is 0.545. The third kappa shape index (κ3) is 1.41. The van der Waals surface area contributed by atoms with Crippen molar-refractivity contribution in [3.63, 3.8) is 0 Å². The molecule has 1 heterocycles. The average molecular weight is 176 g/mol.